The number of anilines is 1. The molecule has 0 unspecified atom stereocenters. The number of benzene rings is 1. The molecule has 4 N–H and O–H groups in total. The summed E-state index contributed by atoms with van der Waals surface area (Å²) in [5.41, 5.74) is 3.36. The predicted octanol–water partition coefficient (Wildman–Crippen LogP) is 1.82. The maximum atomic E-state index is 12.1. The largest absolute Gasteiger partial charge is 0.573 e. The Hall–Kier alpha value is -2.39. The molecule has 0 aliphatic rings. The van der Waals surface area contributed by atoms with Crippen LogP contribution in [0.15, 0.2) is 30.5 Å². The fraction of sp³-hybridized carbons (Fsp3) is 0.167. The number of nitrogens with one attached hydrogen (secondary N) is 1. The van der Waals surface area contributed by atoms with Crippen molar-refractivity contribution in [3.63, 3.8) is 0 Å². The number of alkyl halides is 3. The Kier molecular flexibility index (Phi) is 4.24. The molecule has 0 amide bonds. The van der Waals surface area contributed by atoms with Crippen molar-refractivity contribution in [1.82, 2.24) is 9.97 Å². The number of nitrogen functional groups attached to an aromatic ring is 1. The highest BCUT2D eigenvalue weighted by atomic mass is 19.4. The highest BCUT2D eigenvalue weighted by molar-refractivity contribution is 5.63. The van der Waals surface area contributed by atoms with Gasteiger partial charge in [-0.15, -0.1) is 13.2 Å². The first-order valence-corrected chi connectivity index (χ1v) is 5.72. The highest BCUT2D eigenvalue weighted by Crippen LogP contribution is 2.27. The Bertz CT molecular complexity index is 617. The van der Waals surface area contributed by atoms with Gasteiger partial charge < -0.3 is 15.3 Å². The zero-order chi connectivity index (χ0) is 15.5. The molecule has 0 spiro atoms. The van der Waals surface area contributed by atoms with Gasteiger partial charge in [0.2, 0.25) is 0 Å². The Labute approximate surface area is 117 Å². The fourth-order valence-corrected chi connectivity index (χ4v) is 1.66. The number of nitrogens with two attached hydrogens (primary N) is 1. The molecule has 0 aliphatic carbocycles. The number of aliphatic hydroxyl groups excluding tert-OH is 1. The van der Waals surface area contributed by atoms with Crippen molar-refractivity contribution in [2.75, 3.05) is 5.43 Å². The van der Waals surface area contributed by atoms with Gasteiger partial charge in [0.05, 0.1) is 24.2 Å². The van der Waals surface area contributed by atoms with E-state index < -0.39 is 13.0 Å². The van der Waals surface area contributed by atoms with E-state index in [2.05, 4.69) is 20.1 Å². The van der Waals surface area contributed by atoms with Gasteiger partial charge in [0, 0.05) is 5.56 Å². The van der Waals surface area contributed by atoms with Crippen LogP contribution in [0.4, 0.5) is 19.0 Å². The standard InChI is InChI=1S/C12H11F3N4O2/c13-12(14,15)21-8-3-1-7(2-4-8)11-9(6-20)18-10(19-16)5-17-11/h1-5,20H,6,16H2,(H,18,19). The molecule has 21 heavy (non-hydrogen) atoms. The molecule has 6 nitrogen and oxygen atoms in total. The van der Waals surface area contributed by atoms with E-state index in [4.69, 9.17) is 5.84 Å². The molecule has 0 fully saturated rings. The predicted molar refractivity (Wildman–Crippen MR) is 67.9 cm³/mol. The maximum absolute atomic E-state index is 12.1. The number of ether oxygens (including phenoxy) is 1. The molecule has 2 rings (SSSR count). The van der Waals surface area contributed by atoms with Gasteiger partial charge in [-0.2, -0.15) is 0 Å². The van der Waals surface area contributed by atoms with E-state index >= 15 is 0 Å². The summed E-state index contributed by atoms with van der Waals surface area (Å²) in [6, 6.07) is 5.08. The van der Waals surface area contributed by atoms with E-state index in [0.717, 1.165) is 12.1 Å². The number of aliphatic hydroxyl groups is 1. The third-order valence-corrected chi connectivity index (χ3v) is 2.50. The van der Waals surface area contributed by atoms with Gasteiger partial charge >= 0.3 is 6.36 Å². The van der Waals surface area contributed by atoms with Gasteiger partial charge in [0.1, 0.15) is 5.75 Å². The third-order valence-electron chi connectivity index (χ3n) is 2.50. The second-order valence-electron chi connectivity index (χ2n) is 3.93. The lowest BCUT2D eigenvalue weighted by Gasteiger charge is -2.10. The molecular weight excluding hydrogens is 289 g/mol. The molecular formula is C12H11F3N4O2. The van der Waals surface area contributed by atoms with Gasteiger partial charge in [-0.25, -0.2) is 10.8 Å². The van der Waals surface area contributed by atoms with Crippen LogP contribution in [0.2, 0.25) is 0 Å². The first kappa shape index (κ1) is 15.0. The zero-order valence-corrected chi connectivity index (χ0v) is 10.6. The fourth-order valence-electron chi connectivity index (χ4n) is 1.66. The monoisotopic (exact) mass is 300 g/mol. The van der Waals surface area contributed by atoms with E-state index in [0.29, 0.717) is 11.3 Å². The maximum Gasteiger partial charge on any atom is 0.573 e. The van der Waals surface area contributed by atoms with Crippen molar-refractivity contribution in [2.45, 2.75) is 13.0 Å². The smallest absolute Gasteiger partial charge is 0.406 e. The number of hydrogen-bond acceptors (Lipinski definition) is 6. The quantitative estimate of drug-likeness (QED) is 0.589. The number of aromatic nitrogens is 2. The van der Waals surface area contributed by atoms with E-state index in [1.165, 1.54) is 18.3 Å². The van der Waals surface area contributed by atoms with Gasteiger partial charge in [-0.3, -0.25) is 4.98 Å². The van der Waals surface area contributed by atoms with Crippen molar-refractivity contribution in [1.29, 1.82) is 0 Å². The summed E-state index contributed by atoms with van der Waals surface area (Å²) in [6.45, 7) is -0.390. The van der Waals surface area contributed by atoms with Gasteiger partial charge in [-0.05, 0) is 24.3 Å². The minimum atomic E-state index is -4.74. The van der Waals surface area contributed by atoms with Crippen molar-refractivity contribution < 1.29 is 23.0 Å². The Morgan fingerprint density at radius 1 is 1.24 bits per heavy atom. The lowest BCUT2D eigenvalue weighted by Crippen LogP contribution is -2.17. The summed E-state index contributed by atoms with van der Waals surface area (Å²) >= 11 is 0. The van der Waals surface area contributed by atoms with Crippen LogP contribution in [0.25, 0.3) is 11.3 Å². The van der Waals surface area contributed by atoms with Crippen LogP contribution in [0.5, 0.6) is 5.75 Å². The number of rotatable bonds is 4. The molecule has 1 aromatic heterocycles. The molecule has 2 aromatic rings. The topological polar surface area (TPSA) is 93.3 Å². The molecule has 1 aromatic carbocycles. The molecule has 1 heterocycles. The van der Waals surface area contributed by atoms with Crippen LogP contribution < -0.4 is 16.0 Å². The summed E-state index contributed by atoms with van der Waals surface area (Å²) in [6.07, 6.45) is -3.40. The van der Waals surface area contributed by atoms with Crippen molar-refractivity contribution in [2.24, 2.45) is 5.84 Å². The van der Waals surface area contributed by atoms with E-state index in [1.54, 1.807) is 0 Å². The van der Waals surface area contributed by atoms with Crippen LogP contribution in [0, 0.1) is 0 Å². The molecule has 112 valence electrons. The molecule has 0 aliphatic heterocycles. The SMILES string of the molecule is NNc1cnc(-c2ccc(OC(F)(F)F)cc2)c(CO)n1. The van der Waals surface area contributed by atoms with E-state index in [1.807, 2.05) is 0 Å². The minimum absolute atomic E-state index is 0.245. The second-order valence-corrected chi connectivity index (χ2v) is 3.93. The van der Waals surface area contributed by atoms with Gasteiger partial charge in [0.25, 0.3) is 0 Å². The molecule has 0 bridgehead atoms. The van der Waals surface area contributed by atoms with Crippen LogP contribution in [0.1, 0.15) is 5.69 Å². The minimum Gasteiger partial charge on any atom is -0.406 e. The van der Waals surface area contributed by atoms with Crippen LogP contribution in [-0.4, -0.2) is 21.4 Å². The number of hydrazine groups is 1. The molecule has 0 saturated carbocycles. The normalized spacial score (nSPS) is 11.3. The second kappa shape index (κ2) is 5.94. The van der Waals surface area contributed by atoms with Crippen LogP contribution >= 0.6 is 0 Å². The highest BCUT2D eigenvalue weighted by Gasteiger charge is 2.31. The molecule has 0 saturated heterocycles. The van der Waals surface area contributed by atoms with E-state index in [-0.39, 0.29) is 17.3 Å². The summed E-state index contributed by atoms with van der Waals surface area (Å²) in [7, 11) is 0. The lowest BCUT2D eigenvalue weighted by atomic mass is 10.1. The first-order chi connectivity index (χ1) is 9.93. The average Bonchev–Trinajstić information content (AvgIpc) is 2.46. The van der Waals surface area contributed by atoms with E-state index in [9.17, 15) is 18.3 Å². The summed E-state index contributed by atoms with van der Waals surface area (Å²) in [4.78, 5) is 8.07. The average molecular weight is 300 g/mol. The lowest BCUT2D eigenvalue weighted by molar-refractivity contribution is -0.274. The van der Waals surface area contributed by atoms with Crippen LogP contribution in [-0.2, 0) is 6.61 Å². The summed E-state index contributed by atoms with van der Waals surface area (Å²) in [5.74, 6) is 5.10. The number of halogens is 3. The van der Waals surface area contributed by atoms with Crippen molar-refractivity contribution in [3.8, 4) is 17.0 Å². The van der Waals surface area contributed by atoms with Gasteiger partial charge in [0.15, 0.2) is 5.82 Å². The van der Waals surface area contributed by atoms with Crippen LogP contribution in [0.3, 0.4) is 0 Å². The molecule has 0 radical (unpaired) electrons. The Morgan fingerprint density at radius 3 is 2.43 bits per heavy atom. The number of hydrogen-bond donors (Lipinski definition) is 3. The van der Waals surface area contributed by atoms with Crippen molar-refractivity contribution in [3.05, 3.63) is 36.2 Å². The molecule has 9 heteroatoms. The number of nitrogens with zero attached hydrogens (tertiary/aromatic N) is 2. The summed E-state index contributed by atoms with van der Waals surface area (Å²) in [5, 5.41) is 9.26. The van der Waals surface area contributed by atoms with Crippen molar-refractivity contribution >= 4 is 5.82 Å². The Balaban J connectivity index is 2.30. The summed E-state index contributed by atoms with van der Waals surface area (Å²) < 4.78 is 40.0. The first-order valence-electron chi connectivity index (χ1n) is 5.72. The third kappa shape index (κ3) is 3.80. The zero-order valence-electron chi connectivity index (χ0n) is 10.6. The Morgan fingerprint density at radius 2 is 1.90 bits per heavy atom. The van der Waals surface area contributed by atoms with Gasteiger partial charge in [-0.1, -0.05) is 0 Å². The molecule has 0 atom stereocenters.